The van der Waals surface area contributed by atoms with Gasteiger partial charge in [-0.3, -0.25) is 0 Å². The van der Waals surface area contributed by atoms with Crippen molar-refractivity contribution in [1.82, 2.24) is 0 Å². The Bertz CT molecular complexity index is 272. The first-order valence-electron chi connectivity index (χ1n) is 8.57. The Morgan fingerprint density at radius 1 is 0.842 bits per heavy atom. The second kappa shape index (κ2) is 7.92. The summed E-state index contributed by atoms with van der Waals surface area (Å²) >= 11 is 0. The third-order valence-corrected chi connectivity index (χ3v) is 5.49. The van der Waals surface area contributed by atoms with Crippen LogP contribution in [0.5, 0.6) is 0 Å². The van der Waals surface area contributed by atoms with Crippen LogP contribution in [0.3, 0.4) is 0 Å². The smallest absolute Gasteiger partial charge is 0.0233 e. The molecule has 108 valence electrons. The van der Waals surface area contributed by atoms with E-state index in [1.807, 2.05) is 6.08 Å². The van der Waals surface area contributed by atoms with Crippen LogP contribution < -0.4 is 0 Å². The maximum Gasteiger partial charge on any atom is -0.0233 e. The zero-order valence-electron chi connectivity index (χ0n) is 12.8. The number of allylic oxidation sites excluding steroid dienone is 3. The van der Waals surface area contributed by atoms with Gasteiger partial charge >= 0.3 is 0 Å². The van der Waals surface area contributed by atoms with Gasteiger partial charge in [0.15, 0.2) is 0 Å². The SMILES string of the molecule is C=CCCC=CC1CCC(C2CCC(C)CC2)CC1. The molecule has 0 atom stereocenters. The van der Waals surface area contributed by atoms with Gasteiger partial charge < -0.3 is 0 Å². The molecule has 0 heterocycles. The molecule has 2 fully saturated rings. The summed E-state index contributed by atoms with van der Waals surface area (Å²) in [5, 5.41) is 0. The van der Waals surface area contributed by atoms with Crippen LogP contribution in [0.2, 0.25) is 0 Å². The molecular formula is C19H32. The molecule has 2 saturated carbocycles. The highest BCUT2D eigenvalue weighted by molar-refractivity contribution is 4.93. The Balaban J connectivity index is 1.67. The van der Waals surface area contributed by atoms with Crippen molar-refractivity contribution in [2.45, 2.75) is 71.1 Å². The molecule has 2 aliphatic carbocycles. The molecule has 0 heteroatoms. The standard InChI is InChI=1S/C19H32/c1-3-4-5-6-7-17-10-14-19(15-11-17)18-12-8-16(2)9-13-18/h3,6-7,16-19H,1,4-5,8-15H2,2H3. The normalized spacial score (nSPS) is 36.5. The Hall–Kier alpha value is -0.520. The summed E-state index contributed by atoms with van der Waals surface area (Å²) in [5.74, 6) is 4.01. The lowest BCUT2D eigenvalue weighted by atomic mass is 9.69. The summed E-state index contributed by atoms with van der Waals surface area (Å²) in [5.41, 5.74) is 0. The fourth-order valence-electron chi connectivity index (χ4n) is 4.07. The molecule has 0 aliphatic heterocycles. The van der Waals surface area contributed by atoms with Crippen LogP contribution in [-0.4, -0.2) is 0 Å². The first kappa shape index (κ1) is 14.9. The fourth-order valence-corrected chi connectivity index (χ4v) is 4.07. The third-order valence-electron chi connectivity index (χ3n) is 5.49. The van der Waals surface area contributed by atoms with Crippen LogP contribution in [0.15, 0.2) is 24.8 Å². The lowest BCUT2D eigenvalue weighted by Crippen LogP contribution is -2.24. The minimum Gasteiger partial charge on any atom is -0.103 e. The van der Waals surface area contributed by atoms with Gasteiger partial charge in [0.05, 0.1) is 0 Å². The van der Waals surface area contributed by atoms with Crippen molar-refractivity contribution in [1.29, 1.82) is 0 Å². The summed E-state index contributed by atoms with van der Waals surface area (Å²) in [6.07, 6.45) is 21.1. The Morgan fingerprint density at radius 2 is 1.42 bits per heavy atom. The zero-order chi connectivity index (χ0) is 13.5. The van der Waals surface area contributed by atoms with E-state index in [-0.39, 0.29) is 0 Å². The van der Waals surface area contributed by atoms with Crippen molar-refractivity contribution in [2.24, 2.45) is 23.7 Å². The minimum atomic E-state index is 0.878. The predicted molar refractivity (Wildman–Crippen MR) is 85.1 cm³/mol. The van der Waals surface area contributed by atoms with Crippen LogP contribution in [0.4, 0.5) is 0 Å². The van der Waals surface area contributed by atoms with Gasteiger partial charge in [-0.2, -0.15) is 0 Å². The highest BCUT2D eigenvalue weighted by atomic mass is 14.3. The van der Waals surface area contributed by atoms with E-state index in [9.17, 15) is 0 Å². The second-order valence-corrected chi connectivity index (χ2v) is 6.99. The Labute approximate surface area is 120 Å². The average molecular weight is 260 g/mol. The summed E-state index contributed by atoms with van der Waals surface area (Å²) in [6.45, 7) is 6.21. The molecule has 0 radical (unpaired) electrons. The van der Waals surface area contributed by atoms with Crippen molar-refractivity contribution in [3.8, 4) is 0 Å². The quantitative estimate of drug-likeness (QED) is 0.411. The first-order valence-corrected chi connectivity index (χ1v) is 8.57. The highest BCUT2D eigenvalue weighted by Gasteiger charge is 2.29. The lowest BCUT2D eigenvalue weighted by molar-refractivity contribution is 0.160. The molecule has 2 aliphatic rings. The van der Waals surface area contributed by atoms with Gasteiger partial charge in [-0.25, -0.2) is 0 Å². The highest BCUT2D eigenvalue weighted by Crippen LogP contribution is 2.41. The minimum absolute atomic E-state index is 0.878. The molecule has 2 rings (SSSR count). The maximum absolute atomic E-state index is 3.78. The van der Waals surface area contributed by atoms with Gasteiger partial charge in [-0.05, 0) is 75.0 Å². The van der Waals surface area contributed by atoms with Gasteiger partial charge in [-0.15, -0.1) is 6.58 Å². The van der Waals surface area contributed by atoms with Crippen LogP contribution in [0.1, 0.15) is 71.1 Å². The summed E-state index contributed by atoms with van der Waals surface area (Å²) in [4.78, 5) is 0. The van der Waals surface area contributed by atoms with E-state index < -0.39 is 0 Å². The molecule has 0 aromatic rings. The van der Waals surface area contributed by atoms with Gasteiger partial charge in [0.1, 0.15) is 0 Å². The predicted octanol–water partition coefficient (Wildman–Crippen LogP) is 6.14. The molecule has 0 spiro atoms. The lowest BCUT2D eigenvalue weighted by Gasteiger charge is -2.36. The van der Waals surface area contributed by atoms with E-state index in [2.05, 4.69) is 25.7 Å². The number of hydrogen-bond donors (Lipinski definition) is 0. The van der Waals surface area contributed by atoms with Crippen LogP contribution in [-0.2, 0) is 0 Å². The van der Waals surface area contributed by atoms with E-state index in [1.54, 1.807) is 0 Å². The maximum atomic E-state index is 3.78. The molecule has 0 aromatic carbocycles. The van der Waals surface area contributed by atoms with Crippen LogP contribution >= 0.6 is 0 Å². The Kier molecular flexibility index (Phi) is 6.20. The van der Waals surface area contributed by atoms with E-state index in [0.29, 0.717) is 0 Å². The van der Waals surface area contributed by atoms with Crippen molar-refractivity contribution < 1.29 is 0 Å². The van der Waals surface area contributed by atoms with Crippen molar-refractivity contribution in [2.75, 3.05) is 0 Å². The number of unbranched alkanes of at least 4 members (excludes halogenated alkanes) is 1. The van der Waals surface area contributed by atoms with Crippen molar-refractivity contribution in [3.05, 3.63) is 24.8 Å². The van der Waals surface area contributed by atoms with E-state index in [0.717, 1.165) is 30.1 Å². The van der Waals surface area contributed by atoms with E-state index >= 15 is 0 Å². The topological polar surface area (TPSA) is 0 Å². The summed E-state index contributed by atoms with van der Waals surface area (Å²) in [6, 6.07) is 0. The third kappa shape index (κ3) is 4.82. The van der Waals surface area contributed by atoms with Gasteiger partial charge in [0, 0.05) is 0 Å². The molecule has 0 aromatic heterocycles. The average Bonchev–Trinajstić information content (AvgIpc) is 2.45. The first-order chi connectivity index (χ1) is 9.29. The largest absolute Gasteiger partial charge is 0.103 e. The van der Waals surface area contributed by atoms with Gasteiger partial charge in [0.2, 0.25) is 0 Å². The second-order valence-electron chi connectivity index (χ2n) is 6.99. The molecule has 0 N–H and O–H groups in total. The van der Waals surface area contributed by atoms with Crippen LogP contribution in [0, 0.1) is 23.7 Å². The molecule has 19 heavy (non-hydrogen) atoms. The molecule has 0 unspecified atom stereocenters. The molecule has 0 saturated heterocycles. The van der Waals surface area contributed by atoms with Crippen molar-refractivity contribution >= 4 is 0 Å². The number of hydrogen-bond acceptors (Lipinski definition) is 0. The molecule has 0 nitrogen and oxygen atoms in total. The van der Waals surface area contributed by atoms with Gasteiger partial charge in [-0.1, -0.05) is 38.0 Å². The summed E-state index contributed by atoms with van der Waals surface area (Å²) in [7, 11) is 0. The zero-order valence-corrected chi connectivity index (χ0v) is 12.8. The monoisotopic (exact) mass is 260 g/mol. The fraction of sp³-hybridized carbons (Fsp3) is 0.789. The number of rotatable bonds is 5. The summed E-state index contributed by atoms with van der Waals surface area (Å²) < 4.78 is 0. The van der Waals surface area contributed by atoms with Gasteiger partial charge in [0.25, 0.3) is 0 Å². The molecule has 0 bridgehead atoms. The van der Waals surface area contributed by atoms with Crippen LogP contribution in [0.25, 0.3) is 0 Å². The Morgan fingerprint density at radius 3 is 2.00 bits per heavy atom. The molecular weight excluding hydrogens is 228 g/mol. The van der Waals surface area contributed by atoms with E-state index in [1.165, 1.54) is 57.8 Å². The van der Waals surface area contributed by atoms with Crippen molar-refractivity contribution in [3.63, 3.8) is 0 Å². The van der Waals surface area contributed by atoms with E-state index in [4.69, 9.17) is 0 Å². The molecule has 0 amide bonds.